The molecule has 0 radical (unpaired) electrons. The molecule has 3 amide bonds. The number of carbonyl (C=O) groups excluding carboxylic acids is 3. The molecule has 40 heavy (non-hydrogen) atoms. The van der Waals surface area contributed by atoms with E-state index in [1.54, 1.807) is 66.7 Å². The molecule has 3 N–H and O–H groups in total. The molecule has 0 aliphatic rings. The number of benzene rings is 4. The molecule has 4 rings (SSSR count). The summed E-state index contributed by atoms with van der Waals surface area (Å²) in [6.45, 7) is 1.84. The van der Waals surface area contributed by atoms with Gasteiger partial charge in [0.2, 0.25) is 5.91 Å². The first kappa shape index (κ1) is 29.4. The van der Waals surface area contributed by atoms with E-state index in [-0.39, 0.29) is 16.9 Å². The van der Waals surface area contributed by atoms with Crippen molar-refractivity contribution in [2.24, 2.45) is 0 Å². The number of hydrogen-bond acceptors (Lipinski definition) is 4. The summed E-state index contributed by atoms with van der Waals surface area (Å²) in [7, 11) is 0. The van der Waals surface area contributed by atoms with Gasteiger partial charge in [0.05, 0.1) is 5.25 Å². The lowest BCUT2D eigenvalue weighted by Gasteiger charge is -2.14. The summed E-state index contributed by atoms with van der Waals surface area (Å²) >= 11 is 9.74. The van der Waals surface area contributed by atoms with Crippen LogP contribution in [0.3, 0.4) is 0 Å². The van der Waals surface area contributed by atoms with Gasteiger partial charge in [-0.05, 0) is 114 Å². The van der Waals surface area contributed by atoms with E-state index < -0.39 is 11.8 Å². The second-order valence-electron chi connectivity index (χ2n) is 8.67. The molecule has 0 heterocycles. The van der Waals surface area contributed by atoms with Gasteiger partial charge in [-0.3, -0.25) is 14.4 Å². The molecule has 0 aromatic heterocycles. The fraction of sp³-hybridized carbons (Fsp3) is 0.0645. The number of rotatable bonds is 9. The van der Waals surface area contributed by atoms with E-state index in [1.165, 1.54) is 11.8 Å². The number of amides is 3. The van der Waals surface area contributed by atoms with Crippen LogP contribution >= 0.6 is 46.0 Å². The van der Waals surface area contributed by atoms with Crippen molar-refractivity contribution >= 4 is 81.1 Å². The minimum atomic E-state index is -0.491. The average Bonchev–Trinajstić information content (AvgIpc) is 2.95. The third-order valence-electron chi connectivity index (χ3n) is 5.59. The first-order chi connectivity index (χ1) is 19.3. The largest absolute Gasteiger partial charge is 0.325 e. The van der Waals surface area contributed by atoms with Gasteiger partial charge in [-0.1, -0.05) is 41.9 Å². The van der Waals surface area contributed by atoms with Gasteiger partial charge in [-0.15, -0.1) is 11.8 Å². The zero-order valence-electron chi connectivity index (χ0n) is 21.4. The van der Waals surface area contributed by atoms with Crippen LogP contribution in [-0.2, 0) is 9.59 Å². The van der Waals surface area contributed by atoms with E-state index >= 15 is 0 Å². The average molecular weight is 682 g/mol. The Kier molecular flexibility index (Phi) is 10.4. The van der Waals surface area contributed by atoms with Crippen LogP contribution in [0.15, 0.2) is 114 Å². The smallest absolute Gasteiger partial charge is 0.272 e. The molecular formula is C31H25ClIN3O3S. The maximum absolute atomic E-state index is 13.2. The fourth-order valence-corrected chi connectivity index (χ4v) is 4.98. The highest BCUT2D eigenvalue weighted by Crippen LogP contribution is 2.26. The second-order valence-corrected chi connectivity index (χ2v) is 11.8. The van der Waals surface area contributed by atoms with Gasteiger partial charge in [0.15, 0.2) is 0 Å². The summed E-state index contributed by atoms with van der Waals surface area (Å²) in [6, 6.07) is 30.4. The van der Waals surface area contributed by atoms with Crippen molar-refractivity contribution in [3.8, 4) is 0 Å². The van der Waals surface area contributed by atoms with Crippen LogP contribution in [0.25, 0.3) is 6.08 Å². The van der Waals surface area contributed by atoms with Crippen molar-refractivity contribution in [3.63, 3.8) is 0 Å². The van der Waals surface area contributed by atoms with Gasteiger partial charge in [-0.2, -0.15) is 0 Å². The van der Waals surface area contributed by atoms with E-state index in [0.29, 0.717) is 21.8 Å². The van der Waals surface area contributed by atoms with Gasteiger partial charge in [0.1, 0.15) is 5.70 Å². The predicted octanol–water partition coefficient (Wildman–Crippen LogP) is 7.47. The minimum absolute atomic E-state index is 0.0652. The van der Waals surface area contributed by atoms with Gasteiger partial charge < -0.3 is 16.0 Å². The SMILES string of the molecule is CC(Sc1ccc(NC(=O)/C(=C/c2cccc(Cl)c2)NC(=O)c2ccccc2)cc1)C(=O)Nc1ccc(I)cc1. The lowest BCUT2D eigenvalue weighted by Crippen LogP contribution is -2.30. The normalized spacial score (nSPS) is 11.8. The van der Waals surface area contributed by atoms with E-state index in [0.717, 1.165) is 14.2 Å². The maximum Gasteiger partial charge on any atom is 0.272 e. The van der Waals surface area contributed by atoms with Crippen LogP contribution in [0.1, 0.15) is 22.8 Å². The molecule has 0 aliphatic heterocycles. The molecule has 0 aliphatic carbocycles. The van der Waals surface area contributed by atoms with Crippen LogP contribution < -0.4 is 16.0 Å². The molecule has 4 aromatic carbocycles. The number of thioether (sulfide) groups is 1. The highest BCUT2D eigenvalue weighted by Gasteiger charge is 2.17. The molecule has 9 heteroatoms. The van der Waals surface area contributed by atoms with Crippen molar-refractivity contribution in [1.82, 2.24) is 5.32 Å². The van der Waals surface area contributed by atoms with Gasteiger partial charge in [-0.25, -0.2) is 0 Å². The van der Waals surface area contributed by atoms with Crippen LogP contribution in [0.4, 0.5) is 11.4 Å². The highest BCUT2D eigenvalue weighted by atomic mass is 127. The molecule has 4 aromatic rings. The first-order valence-corrected chi connectivity index (χ1v) is 14.6. The monoisotopic (exact) mass is 681 g/mol. The van der Waals surface area contributed by atoms with Gasteiger partial charge in [0, 0.05) is 30.4 Å². The van der Waals surface area contributed by atoms with Crippen molar-refractivity contribution in [2.75, 3.05) is 10.6 Å². The number of anilines is 2. The summed E-state index contributed by atoms with van der Waals surface area (Å²) in [4.78, 5) is 39.5. The Morgan fingerprint density at radius 1 is 0.825 bits per heavy atom. The van der Waals surface area contributed by atoms with Crippen LogP contribution in [0.5, 0.6) is 0 Å². The molecule has 6 nitrogen and oxygen atoms in total. The van der Waals surface area contributed by atoms with Crippen molar-refractivity contribution in [1.29, 1.82) is 0 Å². The van der Waals surface area contributed by atoms with Crippen molar-refractivity contribution < 1.29 is 14.4 Å². The second kappa shape index (κ2) is 14.2. The third-order valence-corrected chi connectivity index (χ3v) is 7.66. The van der Waals surface area contributed by atoms with Crippen LogP contribution in [-0.4, -0.2) is 23.0 Å². The molecule has 0 saturated heterocycles. The number of hydrogen-bond donors (Lipinski definition) is 3. The molecular weight excluding hydrogens is 657 g/mol. The lowest BCUT2D eigenvalue weighted by atomic mass is 10.1. The van der Waals surface area contributed by atoms with E-state index in [9.17, 15) is 14.4 Å². The Labute approximate surface area is 255 Å². The zero-order chi connectivity index (χ0) is 28.5. The van der Waals surface area contributed by atoms with Gasteiger partial charge in [0.25, 0.3) is 11.8 Å². The Morgan fingerprint density at radius 2 is 1.48 bits per heavy atom. The van der Waals surface area contributed by atoms with E-state index in [1.807, 2.05) is 49.4 Å². The number of nitrogens with one attached hydrogen (secondary N) is 3. The van der Waals surface area contributed by atoms with Crippen molar-refractivity contribution in [3.05, 3.63) is 129 Å². The van der Waals surface area contributed by atoms with Crippen LogP contribution in [0.2, 0.25) is 5.02 Å². The third kappa shape index (κ3) is 8.70. The summed E-state index contributed by atoms with van der Waals surface area (Å²) in [5.41, 5.74) is 2.44. The van der Waals surface area contributed by atoms with Crippen LogP contribution in [0, 0.1) is 3.57 Å². The Balaban J connectivity index is 1.42. The van der Waals surface area contributed by atoms with Gasteiger partial charge >= 0.3 is 0 Å². The Bertz CT molecular complexity index is 1530. The Hall–Kier alpha value is -3.60. The van der Waals surface area contributed by atoms with E-state index in [4.69, 9.17) is 11.6 Å². The maximum atomic E-state index is 13.2. The summed E-state index contributed by atoms with van der Waals surface area (Å²) in [6.07, 6.45) is 1.57. The molecule has 202 valence electrons. The molecule has 0 fully saturated rings. The summed E-state index contributed by atoms with van der Waals surface area (Å²) < 4.78 is 1.09. The fourth-order valence-electron chi connectivity index (χ4n) is 3.56. The molecule has 0 bridgehead atoms. The quantitative estimate of drug-likeness (QED) is 0.0972. The molecule has 1 atom stereocenters. The van der Waals surface area contributed by atoms with E-state index in [2.05, 4.69) is 38.5 Å². The van der Waals surface area contributed by atoms with Crippen molar-refractivity contribution in [2.45, 2.75) is 17.1 Å². The molecule has 0 spiro atoms. The topological polar surface area (TPSA) is 87.3 Å². The Morgan fingerprint density at radius 3 is 2.15 bits per heavy atom. The molecule has 1 unspecified atom stereocenters. The highest BCUT2D eigenvalue weighted by molar-refractivity contribution is 14.1. The summed E-state index contributed by atoms with van der Waals surface area (Å²) in [5.74, 6) is -1.00. The molecule has 0 saturated carbocycles. The summed E-state index contributed by atoms with van der Waals surface area (Å²) in [5, 5.41) is 8.64. The first-order valence-electron chi connectivity index (χ1n) is 12.2. The number of halogens is 2. The zero-order valence-corrected chi connectivity index (χ0v) is 25.1. The predicted molar refractivity (Wildman–Crippen MR) is 172 cm³/mol. The lowest BCUT2D eigenvalue weighted by molar-refractivity contribution is -0.115. The number of carbonyl (C=O) groups is 3. The standard InChI is InChI=1S/C31H25ClIN3O3S/c1-20(29(37)34-25-12-10-24(33)11-13-25)40-27-16-14-26(15-17-27)35-31(39)28(19-21-6-5-9-23(32)18-21)36-30(38)22-7-3-2-4-8-22/h2-20H,1H3,(H,34,37)(H,35,39)(H,36,38)/b28-19-. The minimum Gasteiger partial charge on any atom is -0.325 e.